The van der Waals surface area contributed by atoms with E-state index in [1.807, 2.05) is 56.1 Å². The smallest absolute Gasteiger partial charge is 0.334 e. The van der Waals surface area contributed by atoms with Crippen molar-refractivity contribution in [3.8, 4) is 5.75 Å². The number of carbonyl (C=O) groups is 3. The quantitative estimate of drug-likeness (QED) is 0.372. The summed E-state index contributed by atoms with van der Waals surface area (Å²) in [7, 11) is 3.60. The minimum Gasteiger partial charge on any atom is -0.508 e. The Morgan fingerprint density at radius 3 is 2.35 bits per heavy atom. The van der Waals surface area contributed by atoms with Gasteiger partial charge in [0.1, 0.15) is 23.8 Å². The van der Waals surface area contributed by atoms with Gasteiger partial charge in [-0.3, -0.25) is 9.59 Å². The van der Waals surface area contributed by atoms with E-state index in [0.29, 0.717) is 5.56 Å². The number of carbonyl (C=O) groups excluding carboxylic acids is 3. The van der Waals surface area contributed by atoms with Gasteiger partial charge in [0, 0.05) is 44.4 Å². The second-order valence-electron chi connectivity index (χ2n) is 12.0. The first-order chi connectivity index (χ1) is 21.5. The molecule has 3 atom stereocenters. The number of hydrazine groups is 1. The molecule has 0 radical (unpaired) electrons. The van der Waals surface area contributed by atoms with E-state index in [2.05, 4.69) is 5.32 Å². The highest BCUT2D eigenvalue weighted by atomic mass is 19.1. The number of hydrogen-bond donors (Lipinski definition) is 2. The number of halogens is 1. The SMILES string of the molecule is C.CC(C)N(C)c1ccc(F)c([C@@H](C)N2C[C@H]3N(C(=O)CN(C)N3C(=O)NCc3ccccc3)[C@@H](Cc3ccc(O)cc3)C2=O)c1. The molecule has 0 bridgehead atoms. The maximum absolute atomic E-state index is 15.4. The number of aromatic hydroxyl groups is 1. The van der Waals surface area contributed by atoms with E-state index in [1.54, 1.807) is 48.1 Å². The van der Waals surface area contributed by atoms with E-state index >= 15 is 4.39 Å². The third kappa shape index (κ3) is 6.94. The fourth-order valence-electron chi connectivity index (χ4n) is 6.06. The zero-order valence-electron chi connectivity index (χ0n) is 26.4. The van der Waals surface area contributed by atoms with E-state index in [4.69, 9.17) is 0 Å². The van der Waals surface area contributed by atoms with Gasteiger partial charge in [0.2, 0.25) is 11.8 Å². The van der Waals surface area contributed by atoms with E-state index in [9.17, 15) is 19.5 Å². The van der Waals surface area contributed by atoms with E-state index in [-0.39, 0.29) is 57.1 Å². The van der Waals surface area contributed by atoms with E-state index in [0.717, 1.165) is 16.8 Å². The van der Waals surface area contributed by atoms with Crippen molar-refractivity contribution in [2.45, 2.75) is 65.5 Å². The number of benzene rings is 3. The average Bonchev–Trinajstić information content (AvgIpc) is 3.02. The highest BCUT2D eigenvalue weighted by Gasteiger charge is 2.51. The number of nitrogens with zero attached hydrogens (tertiary/aromatic N) is 5. The zero-order chi connectivity index (χ0) is 32.4. The third-order valence-corrected chi connectivity index (χ3v) is 8.83. The predicted octanol–water partition coefficient (Wildman–Crippen LogP) is 4.75. The highest BCUT2D eigenvalue weighted by molar-refractivity contribution is 5.92. The van der Waals surface area contributed by atoms with Crippen molar-refractivity contribution in [1.29, 1.82) is 0 Å². The monoisotopic (exact) mass is 632 g/mol. The Morgan fingerprint density at radius 1 is 1.02 bits per heavy atom. The van der Waals surface area contributed by atoms with Crippen molar-refractivity contribution < 1.29 is 23.9 Å². The van der Waals surface area contributed by atoms with Gasteiger partial charge < -0.3 is 25.1 Å². The van der Waals surface area contributed by atoms with Gasteiger partial charge in [-0.05, 0) is 62.2 Å². The number of likely N-dealkylation sites (N-methyl/N-ethyl adjacent to an activating group) is 1. The number of urea groups is 1. The van der Waals surface area contributed by atoms with Crippen LogP contribution in [-0.2, 0) is 22.6 Å². The number of piperazine rings is 1. The van der Waals surface area contributed by atoms with Crippen LogP contribution in [-0.4, -0.2) is 88.2 Å². The van der Waals surface area contributed by atoms with Crippen LogP contribution < -0.4 is 10.2 Å². The van der Waals surface area contributed by atoms with Crippen LogP contribution in [0.2, 0.25) is 0 Å². The molecule has 10 nitrogen and oxygen atoms in total. The molecule has 246 valence electrons. The van der Waals surface area contributed by atoms with Crippen LogP contribution in [0.15, 0.2) is 72.8 Å². The molecule has 2 N–H and O–H groups in total. The first-order valence-electron chi connectivity index (χ1n) is 15.2. The fraction of sp³-hybridized carbons (Fsp3) is 0.400. The van der Waals surface area contributed by atoms with Gasteiger partial charge in [-0.1, -0.05) is 49.9 Å². The lowest BCUT2D eigenvalue weighted by Gasteiger charge is -2.55. The molecule has 2 fully saturated rings. The summed E-state index contributed by atoms with van der Waals surface area (Å²) in [5, 5.41) is 15.8. The maximum atomic E-state index is 15.4. The van der Waals surface area contributed by atoms with Crippen LogP contribution in [0.4, 0.5) is 14.9 Å². The van der Waals surface area contributed by atoms with Crippen LogP contribution in [0.3, 0.4) is 0 Å². The van der Waals surface area contributed by atoms with Crippen LogP contribution in [0, 0.1) is 5.82 Å². The van der Waals surface area contributed by atoms with Crippen molar-refractivity contribution in [3.63, 3.8) is 0 Å². The molecule has 46 heavy (non-hydrogen) atoms. The third-order valence-electron chi connectivity index (χ3n) is 8.83. The molecule has 4 amide bonds. The molecule has 0 spiro atoms. The summed E-state index contributed by atoms with van der Waals surface area (Å²) in [5.74, 6) is -0.981. The second-order valence-corrected chi connectivity index (χ2v) is 12.0. The molecule has 0 saturated carbocycles. The molecule has 0 aliphatic carbocycles. The van der Waals surface area contributed by atoms with Crippen molar-refractivity contribution in [1.82, 2.24) is 25.1 Å². The first-order valence-corrected chi connectivity index (χ1v) is 15.2. The number of hydrogen-bond acceptors (Lipinski definition) is 6. The summed E-state index contributed by atoms with van der Waals surface area (Å²) in [6.45, 7) is 6.03. The zero-order valence-corrected chi connectivity index (χ0v) is 26.4. The number of phenolic OH excluding ortho intramolecular Hbond substituents is 1. The van der Waals surface area contributed by atoms with Gasteiger partial charge >= 0.3 is 6.03 Å². The van der Waals surface area contributed by atoms with Crippen molar-refractivity contribution in [3.05, 3.63) is 95.3 Å². The number of amides is 4. The lowest BCUT2D eigenvalue weighted by molar-refractivity contribution is -0.189. The largest absolute Gasteiger partial charge is 0.508 e. The number of fused-ring (bicyclic) bond motifs is 1. The normalized spacial score (nSPS) is 19.1. The van der Waals surface area contributed by atoms with Gasteiger partial charge in [0.15, 0.2) is 0 Å². The summed E-state index contributed by atoms with van der Waals surface area (Å²) < 4.78 is 15.4. The Bertz CT molecular complexity index is 1540. The minimum absolute atomic E-state index is 0. The molecule has 0 unspecified atom stereocenters. The number of nitrogens with one attached hydrogen (secondary N) is 1. The topological polar surface area (TPSA) is 99.7 Å². The van der Waals surface area contributed by atoms with Gasteiger partial charge in [0.05, 0.1) is 19.1 Å². The Hall–Kier alpha value is -4.64. The standard InChI is InChI=1S/C34H41FN6O4.CH4/c1-22(2)38(5)26-13-16-29(35)28(18-26)23(3)39-20-31-40(30(33(39)44)17-24-11-14-27(42)15-12-24)32(43)21-37(4)41(31)34(45)36-19-25-9-7-6-8-10-25;/h6-16,18,22-23,30-31,42H,17,19-21H2,1-5H3,(H,36,45);1H4/t23-,30+,31+;/m1./s1. The Kier molecular flexibility index (Phi) is 10.6. The molecule has 3 aromatic carbocycles. The van der Waals surface area contributed by atoms with Crippen molar-refractivity contribution in [2.75, 3.05) is 32.1 Å². The van der Waals surface area contributed by atoms with Gasteiger partial charge in [0.25, 0.3) is 0 Å². The fourth-order valence-corrected chi connectivity index (χ4v) is 6.06. The molecular weight excluding hydrogens is 587 g/mol. The number of rotatable bonds is 8. The molecule has 11 heteroatoms. The van der Waals surface area contributed by atoms with Gasteiger partial charge in [-0.25, -0.2) is 19.2 Å². The average molecular weight is 633 g/mol. The minimum atomic E-state index is -0.953. The van der Waals surface area contributed by atoms with Gasteiger partial charge in [-0.15, -0.1) is 0 Å². The van der Waals surface area contributed by atoms with Crippen molar-refractivity contribution >= 4 is 23.5 Å². The van der Waals surface area contributed by atoms with Gasteiger partial charge in [-0.2, -0.15) is 0 Å². The summed E-state index contributed by atoms with van der Waals surface area (Å²) in [6, 6.07) is 19.0. The molecule has 2 aliphatic heterocycles. The molecular formula is C35H45FN6O4. The summed E-state index contributed by atoms with van der Waals surface area (Å²) in [5.41, 5.74) is 2.81. The molecule has 2 heterocycles. The Balaban J connectivity index is 0.00000480. The first kappa shape index (κ1) is 34.2. The number of anilines is 1. The van der Waals surface area contributed by atoms with Crippen molar-refractivity contribution in [2.24, 2.45) is 0 Å². The van der Waals surface area contributed by atoms with Crippen LogP contribution >= 0.6 is 0 Å². The Labute approximate surface area is 271 Å². The second kappa shape index (κ2) is 14.2. The summed E-state index contributed by atoms with van der Waals surface area (Å²) in [6.07, 6.45) is -0.675. The van der Waals surface area contributed by atoms with Crippen LogP contribution in [0.1, 0.15) is 50.9 Å². The lowest BCUT2D eigenvalue weighted by atomic mass is 9.96. The molecule has 5 rings (SSSR count). The summed E-state index contributed by atoms with van der Waals surface area (Å²) >= 11 is 0. The van der Waals surface area contributed by atoms with E-state index < -0.39 is 30.1 Å². The molecule has 0 aromatic heterocycles. The van der Waals surface area contributed by atoms with E-state index in [1.165, 1.54) is 28.1 Å². The van der Waals surface area contributed by atoms with Crippen LogP contribution in [0.25, 0.3) is 0 Å². The molecule has 2 aliphatic rings. The maximum Gasteiger partial charge on any atom is 0.334 e. The lowest BCUT2D eigenvalue weighted by Crippen LogP contribution is -2.76. The summed E-state index contributed by atoms with van der Waals surface area (Å²) in [4.78, 5) is 46.8. The highest BCUT2D eigenvalue weighted by Crippen LogP contribution is 2.35. The van der Waals surface area contributed by atoms with Crippen LogP contribution in [0.5, 0.6) is 5.75 Å². The Morgan fingerprint density at radius 2 is 1.70 bits per heavy atom. The predicted molar refractivity (Wildman–Crippen MR) is 176 cm³/mol. The molecule has 3 aromatic rings. The molecule has 2 saturated heterocycles. The number of phenols is 1.